The van der Waals surface area contributed by atoms with Gasteiger partial charge in [0.15, 0.2) is 6.61 Å². The van der Waals surface area contributed by atoms with Crippen molar-refractivity contribution in [2.45, 2.75) is 26.7 Å². The van der Waals surface area contributed by atoms with E-state index in [4.69, 9.17) is 10.00 Å². The molecule has 1 aromatic heterocycles. The highest BCUT2D eigenvalue weighted by Gasteiger charge is 2.14. The third-order valence-electron chi connectivity index (χ3n) is 3.40. The Morgan fingerprint density at radius 1 is 1.29 bits per heavy atom. The number of amides is 1. The zero-order chi connectivity index (χ0) is 17.5. The fraction of sp³-hybridized carbons (Fsp3) is 0.278. The highest BCUT2D eigenvalue weighted by atomic mass is 32.1. The molecular formula is C18H18N2O3S. The molecule has 0 fully saturated rings. The number of anilines is 1. The van der Waals surface area contributed by atoms with Gasteiger partial charge in [-0.3, -0.25) is 4.79 Å². The van der Waals surface area contributed by atoms with Crippen LogP contribution in [0.4, 0.5) is 5.69 Å². The van der Waals surface area contributed by atoms with Crippen molar-refractivity contribution < 1.29 is 14.3 Å². The van der Waals surface area contributed by atoms with E-state index in [1.807, 2.05) is 13.8 Å². The van der Waals surface area contributed by atoms with E-state index in [0.717, 1.165) is 22.4 Å². The second-order valence-electron chi connectivity index (χ2n) is 5.23. The summed E-state index contributed by atoms with van der Waals surface area (Å²) in [5.74, 6) is -0.886. The Morgan fingerprint density at radius 3 is 2.58 bits per heavy atom. The zero-order valence-corrected chi connectivity index (χ0v) is 14.4. The lowest BCUT2D eigenvalue weighted by molar-refractivity contribution is -0.119. The van der Waals surface area contributed by atoms with Crippen LogP contribution in [0.15, 0.2) is 30.3 Å². The van der Waals surface area contributed by atoms with Crippen LogP contribution in [0.1, 0.15) is 32.6 Å². The normalized spacial score (nSPS) is 10.0. The third kappa shape index (κ3) is 4.67. The number of ether oxygens (including phenoxy) is 1. The number of hydrogen-bond acceptors (Lipinski definition) is 5. The Labute approximate surface area is 144 Å². The van der Waals surface area contributed by atoms with E-state index in [-0.39, 0.29) is 6.61 Å². The van der Waals surface area contributed by atoms with Crippen LogP contribution in [0, 0.1) is 18.3 Å². The highest BCUT2D eigenvalue weighted by Crippen LogP contribution is 2.23. The fourth-order valence-electron chi connectivity index (χ4n) is 2.17. The minimum absolute atomic E-state index is 0.325. The Bertz CT molecular complexity index is 773. The van der Waals surface area contributed by atoms with Gasteiger partial charge in [0.2, 0.25) is 0 Å². The number of thiophene rings is 1. The summed E-state index contributed by atoms with van der Waals surface area (Å²) >= 11 is 1.40. The maximum absolute atomic E-state index is 12.0. The molecule has 0 aliphatic heterocycles. The molecule has 0 saturated carbocycles. The maximum Gasteiger partial charge on any atom is 0.348 e. The van der Waals surface area contributed by atoms with Crippen molar-refractivity contribution in [2.75, 3.05) is 11.9 Å². The fourth-order valence-corrected chi connectivity index (χ4v) is 3.18. The molecule has 2 rings (SSSR count). The first-order valence-electron chi connectivity index (χ1n) is 7.55. The Balaban J connectivity index is 1.86. The van der Waals surface area contributed by atoms with Crippen LogP contribution >= 0.6 is 11.3 Å². The van der Waals surface area contributed by atoms with E-state index in [1.165, 1.54) is 11.3 Å². The van der Waals surface area contributed by atoms with Crippen molar-refractivity contribution in [3.63, 3.8) is 0 Å². The minimum atomic E-state index is -0.484. The van der Waals surface area contributed by atoms with Crippen molar-refractivity contribution in [3.05, 3.63) is 51.2 Å². The number of carbonyl (C=O) groups excluding carboxylic acids is 2. The molecule has 124 valence electrons. The van der Waals surface area contributed by atoms with Crippen molar-refractivity contribution in [1.82, 2.24) is 0 Å². The highest BCUT2D eigenvalue weighted by molar-refractivity contribution is 7.14. The van der Waals surface area contributed by atoms with Crippen LogP contribution in [0.25, 0.3) is 0 Å². The summed E-state index contributed by atoms with van der Waals surface area (Å²) in [7, 11) is 0. The minimum Gasteiger partial charge on any atom is -0.451 e. The summed E-state index contributed by atoms with van der Waals surface area (Å²) in [4.78, 5) is 25.5. The molecule has 0 radical (unpaired) electrons. The first-order chi connectivity index (χ1) is 11.5. The van der Waals surface area contributed by atoms with Gasteiger partial charge in [-0.1, -0.05) is 19.1 Å². The van der Waals surface area contributed by atoms with Gasteiger partial charge in [0.1, 0.15) is 4.88 Å². The number of carbonyl (C=O) groups is 2. The van der Waals surface area contributed by atoms with Gasteiger partial charge in [-0.15, -0.1) is 11.3 Å². The summed E-state index contributed by atoms with van der Waals surface area (Å²) in [6.45, 7) is 3.65. The average Bonchev–Trinajstić information content (AvgIpc) is 2.96. The summed E-state index contributed by atoms with van der Waals surface area (Å²) in [6.07, 6.45) is 1.19. The van der Waals surface area contributed by atoms with Gasteiger partial charge in [0.05, 0.1) is 12.5 Å². The SMILES string of the molecule is CCc1sc(C(=O)OCC(=O)Nc2ccc(CC#N)cc2)cc1C. The van der Waals surface area contributed by atoms with Crippen LogP contribution in [0.2, 0.25) is 0 Å². The first kappa shape index (κ1) is 17.7. The molecule has 1 heterocycles. The standard InChI is InChI=1S/C18H18N2O3S/c1-3-15-12(2)10-16(24-15)18(22)23-11-17(21)20-14-6-4-13(5-7-14)8-9-19/h4-7,10H,3,8,11H2,1-2H3,(H,20,21). The van der Waals surface area contributed by atoms with Crippen LogP contribution in [-0.2, 0) is 22.4 Å². The Kier molecular flexibility index (Phi) is 6.10. The van der Waals surface area contributed by atoms with E-state index in [0.29, 0.717) is 17.0 Å². The number of nitriles is 1. The molecule has 0 aliphatic rings. The molecule has 0 aliphatic carbocycles. The monoisotopic (exact) mass is 342 g/mol. The van der Waals surface area contributed by atoms with E-state index >= 15 is 0 Å². The Hall–Kier alpha value is -2.65. The molecule has 5 nitrogen and oxygen atoms in total. The van der Waals surface area contributed by atoms with Gasteiger partial charge in [0, 0.05) is 10.6 Å². The lowest BCUT2D eigenvalue weighted by Gasteiger charge is -2.06. The van der Waals surface area contributed by atoms with Gasteiger partial charge < -0.3 is 10.1 Å². The van der Waals surface area contributed by atoms with Gasteiger partial charge in [0.25, 0.3) is 5.91 Å². The van der Waals surface area contributed by atoms with Gasteiger partial charge in [-0.25, -0.2) is 4.79 Å². The maximum atomic E-state index is 12.0. The number of nitrogens with one attached hydrogen (secondary N) is 1. The third-order valence-corrected chi connectivity index (χ3v) is 4.76. The lowest BCUT2D eigenvalue weighted by atomic mass is 10.1. The van der Waals surface area contributed by atoms with Crippen molar-refractivity contribution >= 4 is 28.9 Å². The van der Waals surface area contributed by atoms with Gasteiger partial charge in [-0.2, -0.15) is 5.26 Å². The van der Waals surface area contributed by atoms with E-state index in [9.17, 15) is 9.59 Å². The zero-order valence-electron chi connectivity index (χ0n) is 13.6. The molecule has 0 spiro atoms. The molecule has 24 heavy (non-hydrogen) atoms. The summed E-state index contributed by atoms with van der Waals surface area (Å²) < 4.78 is 5.05. The second-order valence-corrected chi connectivity index (χ2v) is 6.36. The topological polar surface area (TPSA) is 79.2 Å². The summed E-state index contributed by atoms with van der Waals surface area (Å²) in [5.41, 5.74) is 2.54. The van der Waals surface area contributed by atoms with Crippen LogP contribution in [0.3, 0.4) is 0 Å². The number of nitrogens with zero attached hydrogens (tertiary/aromatic N) is 1. The molecule has 6 heteroatoms. The molecule has 0 unspecified atom stereocenters. The molecule has 0 atom stereocenters. The van der Waals surface area contributed by atoms with Crippen molar-refractivity contribution in [2.24, 2.45) is 0 Å². The van der Waals surface area contributed by atoms with E-state index in [2.05, 4.69) is 11.4 Å². The smallest absolute Gasteiger partial charge is 0.348 e. The lowest BCUT2D eigenvalue weighted by Crippen LogP contribution is -2.20. The summed E-state index contributed by atoms with van der Waals surface area (Å²) in [6, 6.07) is 10.8. The second kappa shape index (κ2) is 8.27. The van der Waals surface area contributed by atoms with Crippen LogP contribution < -0.4 is 5.32 Å². The quantitative estimate of drug-likeness (QED) is 0.815. The average molecular weight is 342 g/mol. The number of rotatable bonds is 6. The van der Waals surface area contributed by atoms with Crippen LogP contribution in [-0.4, -0.2) is 18.5 Å². The predicted octanol–water partition coefficient (Wildman–Crippen LogP) is 3.48. The number of hydrogen-bond donors (Lipinski definition) is 1. The number of esters is 1. The van der Waals surface area contributed by atoms with Gasteiger partial charge >= 0.3 is 5.97 Å². The predicted molar refractivity (Wildman–Crippen MR) is 93.1 cm³/mol. The van der Waals surface area contributed by atoms with Crippen molar-refractivity contribution in [3.8, 4) is 6.07 Å². The molecule has 0 bridgehead atoms. The van der Waals surface area contributed by atoms with Crippen LogP contribution in [0.5, 0.6) is 0 Å². The van der Waals surface area contributed by atoms with Gasteiger partial charge in [-0.05, 0) is 42.7 Å². The molecule has 1 N–H and O–H groups in total. The molecule has 2 aromatic rings. The largest absolute Gasteiger partial charge is 0.451 e. The van der Waals surface area contributed by atoms with E-state index < -0.39 is 11.9 Å². The van der Waals surface area contributed by atoms with Crippen molar-refractivity contribution in [1.29, 1.82) is 5.26 Å². The molecule has 1 aromatic carbocycles. The molecule has 1 amide bonds. The van der Waals surface area contributed by atoms with E-state index in [1.54, 1.807) is 30.3 Å². The summed E-state index contributed by atoms with van der Waals surface area (Å²) in [5, 5.41) is 11.3. The Morgan fingerprint density at radius 2 is 2.00 bits per heavy atom. The number of aryl methyl sites for hydroxylation is 2. The first-order valence-corrected chi connectivity index (χ1v) is 8.37. The number of benzene rings is 1. The molecule has 0 saturated heterocycles. The molecular weight excluding hydrogens is 324 g/mol.